The molecule has 2 atom stereocenters. The third-order valence-corrected chi connectivity index (χ3v) is 26.3. The molecule has 0 bridgehead atoms. The van der Waals surface area contributed by atoms with Gasteiger partial charge in [-0.1, -0.05) is 325 Å². The molecule has 120 heavy (non-hydrogen) atoms. The molecule has 0 aliphatic heterocycles. The SMILES string of the molecule is Brc1ccc2c(c1)C1(c3ccccc3-c3cc4c5ccccc5n(-c5ccccc5)c4cc31)c1cccnc1-2.O[B]Oc1c2ccccc2c(-c2ccccc2)c2ccccc12.c1ccc(-c2c3ccccc3c(-c3ccc4c(c3)C3(c5ccccc5-c5cc6c7ccccc7n(-c7ccccc7)c6cc53)c3cccnc3-4)c3ccccc23)cc1. The highest BCUT2D eigenvalue weighted by Gasteiger charge is 2.55. The average molecular weight is 1590 g/mol. The summed E-state index contributed by atoms with van der Waals surface area (Å²) in [7, 11) is 0.746. The van der Waals surface area contributed by atoms with Crippen molar-refractivity contribution in [2.75, 3.05) is 0 Å². The van der Waals surface area contributed by atoms with Gasteiger partial charge in [-0.2, -0.15) is 0 Å². The summed E-state index contributed by atoms with van der Waals surface area (Å²) in [6.07, 6.45) is 3.87. The van der Waals surface area contributed by atoms with Gasteiger partial charge in [-0.3, -0.25) is 9.97 Å². The predicted octanol–water partition coefficient (Wildman–Crippen LogP) is 28.0. The van der Waals surface area contributed by atoms with Crippen LogP contribution in [-0.4, -0.2) is 31.8 Å². The first-order valence-electron chi connectivity index (χ1n) is 40.9. The van der Waals surface area contributed by atoms with Gasteiger partial charge in [0.2, 0.25) is 0 Å². The normalized spacial score (nSPS) is 14.7. The Labute approximate surface area is 701 Å². The van der Waals surface area contributed by atoms with Crippen molar-refractivity contribution in [2.45, 2.75) is 10.8 Å². The Hall–Kier alpha value is -14.8. The molecule has 559 valence electrons. The van der Waals surface area contributed by atoms with Gasteiger partial charge in [-0.25, -0.2) is 0 Å². The van der Waals surface area contributed by atoms with E-state index in [-0.39, 0.29) is 0 Å². The number of fused-ring (bicyclic) bond motifs is 30. The van der Waals surface area contributed by atoms with Crippen LogP contribution in [0.1, 0.15) is 44.5 Å². The van der Waals surface area contributed by atoms with Crippen molar-refractivity contribution in [3.63, 3.8) is 0 Å². The molecule has 2 spiro atoms. The first kappa shape index (κ1) is 69.5. The molecule has 1 radical (unpaired) electrons. The maximum absolute atomic E-state index is 9.18. The van der Waals surface area contributed by atoms with Gasteiger partial charge in [0.1, 0.15) is 5.75 Å². The fourth-order valence-electron chi connectivity index (χ4n) is 21.3. The van der Waals surface area contributed by atoms with E-state index in [0.29, 0.717) is 5.75 Å². The van der Waals surface area contributed by atoms with Crippen LogP contribution in [0, 0.1) is 0 Å². The van der Waals surface area contributed by atoms with Gasteiger partial charge in [0.15, 0.2) is 0 Å². The number of hydrogen-bond donors (Lipinski definition) is 1. The summed E-state index contributed by atoms with van der Waals surface area (Å²) in [6, 6.07) is 145. The van der Waals surface area contributed by atoms with E-state index in [1.54, 1.807) is 0 Å². The Morgan fingerprint density at radius 3 is 1.03 bits per heavy atom. The Bertz CT molecular complexity index is 7910. The third-order valence-electron chi connectivity index (χ3n) is 25.8. The Morgan fingerprint density at radius 1 is 0.250 bits per heavy atom. The van der Waals surface area contributed by atoms with Crippen LogP contribution in [0.2, 0.25) is 0 Å². The van der Waals surface area contributed by atoms with E-state index >= 15 is 0 Å². The van der Waals surface area contributed by atoms with Crippen LogP contribution < -0.4 is 4.65 Å². The second-order valence-electron chi connectivity index (χ2n) is 31.6. The molecule has 1 N–H and O–H groups in total. The Balaban J connectivity index is 0.000000113. The zero-order chi connectivity index (χ0) is 79.3. The topological polar surface area (TPSA) is 65.1 Å². The standard InChI is InChI=1S/C56H34N2.C36H21BrN2.C20H14BO2/c1-3-16-35(17-4-1)53-40-22-7-9-24-42(40)54(43-25-10-8-23-41(43)53)36-29-30-44-49(32-36)56(48-27-15-31-57-55(44)48)47-26-13-11-20-38(47)45-33-46-39-21-12-14-28-51(39)58(52(46)34-50(45)56)37-18-5-2-6-19-37;37-22-16-17-26-31(19-22)36(30-14-8-18-38-35(26)30)29-13-6-4-11-24(29)27-20-28-25-12-5-7-15-33(25)39(34(28)21-32(27)36)23-9-2-1-3-10-23;22-21-23-20-17-12-6-4-10-15(17)19(14-8-2-1-3-9-14)16-11-5-7-13-18(16)20/h1-34H;1-21H;1-13,22H. The molecule has 0 saturated carbocycles. The maximum Gasteiger partial charge on any atom is 0.569 e. The van der Waals surface area contributed by atoms with Gasteiger partial charge >= 0.3 is 7.69 Å². The van der Waals surface area contributed by atoms with E-state index in [1.807, 2.05) is 67.0 Å². The highest BCUT2D eigenvalue weighted by Crippen LogP contribution is 2.66. The Morgan fingerprint density at radius 2 is 0.592 bits per heavy atom. The van der Waals surface area contributed by atoms with Crippen LogP contribution in [-0.2, 0) is 10.8 Å². The van der Waals surface area contributed by atoms with E-state index in [9.17, 15) is 5.02 Å². The molecule has 6 nitrogen and oxygen atoms in total. The first-order valence-corrected chi connectivity index (χ1v) is 41.7. The van der Waals surface area contributed by atoms with E-state index in [1.165, 1.54) is 182 Å². The first-order chi connectivity index (χ1) is 59.5. The number of rotatable bonds is 7. The lowest BCUT2D eigenvalue weighted by Crippen LogP contribution is -2.26. The minimum absolute atomic E-state index is 0.430. The van der Waals surface area contributed by atoms with E-state index < -0.39 is 10.8 Å². The third kappa shape index (κ3) is 10.0. The second kappa shape index (κ2) is 27.4. The predicted molar refractivity (Wildman–Crippen MR) is 499 cm³/mol. The fourth-order valence-corrected chi connectivity index (χ4v) is 21.6. The van der Waals surface area contributed by atoms with Gasteiger partial charge in [0.25, 0.3) is 0 Å². The zero-order valence-corrected chi connectivity index (χ0v) is 66.4. The summed E-state index contributed by atoms with van der Waals surface area (Å²) < 4.78 is 11.4. The minimum Gasteiger partial charge on any atom is -0.537 e. The van der Waals surface area contributed by atoms with Gasteiger partial charge in [0.05, 0.1) is 44.3 Å². The van der Waals surface area contributed by atoms with Crippen molar-refractivity contribution >= 4 is 110 Å². The summed E-state index contributed by atoms with van der Waals surface area (Å²) >= 11 is 3.80. The Kier molecular flexibility index (Phi) is 15.9. The van der Waals surface area contributed by atoms with Crippen LogP contribution in [0.4, 0.5) is 0 Å². The van der Waals surface area contributed by atoms with Crippen molar-refractivity contribution < 1.29 is 9.68 Å². The van der Waals surface area contributed by atoms with Gasteiger partial charge in [0, 0.05) is 71.7 Å². The molecule has 26 rings (SSSR count). The van der Waals surface area contributed by atoms with E-state index in [0.717, 1.165) is 50.8 Å². The molecule has 4 aliphatic carbocycles. The summed E-state index contributed by atoms with van der Waals surface area (Å²) in [6.45, 7) is 0. The number of pyridine rings is 2. The molecule has 4 aromatic heterocycles. The largest absolute Gasteiger partial charge is 0.569 e. The van der Waals surface area contributed by atoms with Crippen molar-refractivity contribution in [1.29, 1.82) is 0 Å². The summed E-state index contributed by atoms with van der Waals surface area (Å²) in [5.41, 5.74) is 33.6. The molecule has 18 aromatic carbocycles. The summed E-state index contributed by atoms with van der Waals surface area (Å²) in [4.78, 5) is 10.1. The summed E-state index contributed by atoms with van der Waals surface area (Å²) in [5, 5.41) is 23.5. The highest BCUT2D eigenvalue weighted by molar-refractivity contribution is 9.10. The average Bonchev–Trinajstić information content (AvgIpc) is 1.50. The van der Waals surface area contributed by atoms with E-state index in [4.69, 9.17) is 14.6 Å². The lowest BCUT2D eigenvalue weighted by Gasteiger charge is -2.30. The van der Waals surface area contributed by atoms with Gasteiger partial charge < -0.3 is 18.8 Å². The molecule has 2 unspecified atom stereocenters. The molecule has 8 heteroatoms. The fraction of sp³-hybridized carbons (Fsp3) is 0.0179. The molecule has 0 amide bonds. The number of benzene rings is 18. The van der Waals surface area contributed by atoms with Crippen molar-refractivity contribution in [3.8, 4) is 95.3 Å². The monoisotopic (exact) mass is 1590 g/mol. The minimum atomic E-state index is -0.567. The lowest BCUT2D eigenvalue weighted by molar-refractivity contribution is 0.459. The number of hydrogen-bond acceptors (Lipinski definition) is 4. The number of halogens is 1. The molecule has 0 fully saturated rings. The van der Waals surface area contributed by atoms with Crippen LogP contribution in [0.3, 0.4) is 0 Å². The molecule has 0 saturated heterocycles. The quantitative estimate of drug-likeness (QED) is 0.128. The van der Waals surface area contributed by atoms with Crippen LogP contribution in [0.25, 0.3) is 176 Å². The second-order valence-corrected chi connectivity index (χ2v) is 32.6. The summed E-state index contributed by atoms with van der Waals surface area (Å²) in [5.74, 6) is 0.679. The van der Waals surface area contributed by atoms with Crippen LogP contribution in [0.15, 0.2) is 417 Å². The van der Waals surface area contributed by atoms with Crippen molar-refractivity contribution in [1.82, 2.24) is 19.1 Å². The van der Waals surface area contributed by atoms with E-state index in [2.05, 4.69) is 371 Å². The number of nitrogens with zero attached hydrogens (tertiary/aromatic N) is 4. The molecule has 4 heterocycles. The number of aromatic nitrogens is 4. The highest BCUT2D eigenvalue weighted by atomic mass is 79.9. The molecule has 22 aromatic rings. The van der Waals surface area contributed by atoms with Crippen LogP contribution >= 0.6 is 15.9 Å². The van der Waals surface area contributed by atoms with Gasteiger partial charge in [-0.15, -0.1) is 0 Å². The lowest BCUT2D eigenvalue weighted by atomic mass is 9.70. The van der Waals surface area contributed by atoms with Crippen molar-refractivity contribution in [2.24, 2.45) is 0 Å². The molecular weight excluding hydrogens is 1520 g/mol. The number of para-hydroxylation sites is 4. The van der Waals surface area contributed by atoms with Crippen molar-refractivity contribution in [3.05, 3.63) is 462 Å². The van der Waals surface area contributed by atoms with Gasteiger partial charge in [-0.05, 0) is 223 Å². The molecular formula is C112H69BBrN4O2. The maximum atomic E-state index is 9.18. The van der Waals surface area contributed by atoms with Crippen LogP contribution in [0.5, 0.6) is 5.75 Å². The smallest absolute Gasteiger partial charge is 0.537 e. The zero-order valence-electron chi connectivity index (χ0n) is 64.9. The molecule has 4 aliphatic rings.